The maximum absolute atomic E-state index is 5.95. The molecule has 0 saturated carbocycles. The molecule has 0 aliphatic carbocycles. The van der Waals surface area contributed by atoms with Gasteiger partial charge in [0.1, 0.15) is 12.4 Å². The van der Waals surface area contributed by atoms with Gasteiger partial charge in [-0.25, -0.2) is 4.68 Å². The van der Waals surface area contributed by atoms with E-state index in [0.29, 0.717) is 12.5 Å². The van der Waals surface area contributed by atoms with Gasteiger partial charge in [-0.15, -0.1) is 0 Å². The van der Waals surface area contributed by atoms with E-state index in [-0.39, 0.29) is 5.41 Å². The molecule has 0 aliphatic heterocycles. The van der Waals surface area contributed by atoms with E-state index >= 15 is 0 Å². The number of allylic oxidation sites excluding steroid dienone is 1. The largest absolute Gasteiger partial charge is 0.439 e. The van der Waals surface area contributed by atoms with Crippen molar-refractivity contribution in [1.82, 2.24) is 9.78 Å². The Labute approximate surface area is 161 Å². The van der Waals surface area contributed by atoms with E-state index in [2.05, 4.69) is 42.9 Å². The Morgan fingerprint density at radius 2 is 1.96 bits per heavy atom. The molecule has 0 bridgehead atoms. The summed E-state index contributed by atoms with van der Waals surface area (Å²) in [6.45, 7) is 10.5. The standard InChI is InChI=1S/C22H27N3O2/c1-17(11-10-14-22(3,4)5)16-26-23-15-20-18(2)24-25(6)21(20)27-19-12-8-7-9-13-19/h7-9,11-13,15H,16H2,1-6H3. The van der Waals surface area contributed by atoms with Gasteiger partial charge in [-0.05, 0) is 58.4 Å². The maximum atomic E-state index is 5.95. The first kappa shape index (κ1) is 20.3. The summed E-state index contributed by atoms with van der Waals surface area (Å²) >= 11 is 0. The van der Waals surface area contributed by atoms with Crippen molar-refractivity contribution < 1.29 is 9.57 Å². The molecule has 5 nitrogen and oxygen atoms in total. The molecule has 5 heteroatoms. The van der Waals surface area contributed by atoms with E-state index in [0.717, 1.165) is 22.6 Å². The molecule has 2 aromatic rings. The number of benzene rings is 1. The Morgan fingerprint density at radius 1 is 1.26 bits per heavy atom. The fourth-order valence-corrected chi connectivity index (χ4v) is 2.17. The summed E-state index contributed by atoms with van der Waals surface area (Å²) in [7, 11) is 1.84. The van der Waals surface area contributed by atoms with Crippen molar-refractivity contribution in [3.8, 4) is 23.5 Å². The van der Waals surface area contributed by atoms with E-state index < -0.39 is 0 Å². The van der Waals surface area contributed by atoms with Crippen molar-refractivity contribution in [2.24, 2.45) is 17.6 Å². The SMILES string of the molecule is CC(=CC#CC(C)(C)C)CON=Cc1c(C)nn(C)c1Oc1ccccc1. The van der Waals surface area contributed by atoms with Crippen LogP contribution in [0.3, 0.4) is 0 Å². The molecule has 1 aromatic carbocycles. The van der Waals surface area contributed by atoms with E-state index in [1.54, 1.807) is 10.9 Å². The minimum atomic E-state index is -0.0111. The molecule has 0 amide bonds. The molecule has 0 radical (unpaired) electrons. The lowest BCUT2D eigenvalue weighted by atomic mass is 9.98. The van der Waals surface area contributed by atoms with Gasteiger partial charge in [0.2, 0.25) is 5.88 Å². The number of hydrogen-bond donors (Lipinski definition) is 0. The van der Waals surface area contributed by atoms with Gasteiger partial charge in [-0.2, -0.15) is 5.10 Å². The number of ether oxygens (including phenoxy) is 1. The molecule has 27 heavy (non-hydrogen) atoms. The number of rotatable bonds is 6. The molecule has 0 fully saturated rings. The third kappa shape index (κ3) is 6.67. The first-order chi connectivity index (χ1) is 12.8. The first-order valence-electron chi connectivity index (χ1n) is 8.86. The van der Waals surface area contributed by atoms with Crippen molar-refractivity contribution in [2.45, 2.75) is 34.6 Å². The Balaban J connectivity index is 2.02. The van der Waals surface area contributed by atoms with Crippen molar-refractivity contribution in [3.63, 3.8) is 0 Å². The molecule has 0 spiro atoms. The van der Waals surface area contributed by atoms with E-state index in [4.69, 9.17) is 9.57 Å². The summed E-state index contributed by atoms with van der Waals surface area (Å²) < 4.78 is 7.64. The highest BCUT2D eigenvalue weighted by molar-refractivity contribution is 5.84. The normalized spacial score (nSPS) is 12.0. The van der Waals surface area contributed by atoms with E-state index in [1.165, 1.54) is 0 Å². The third-order valence-electron chi connectivity index (χ3n) is 3.49. The van der Waals surface area contributed by atoms with Crippen LogP contribution in [-0.2, 0) is 11.9 Å². The topological polar surface area (TPSA) is 48.6 Å². The first-order valence-corrected chi connectivity index (χ1v) is 8.86. The molecule has 0 atom stereocenters. The molecular formula is C22H27N3O2. The van der Waals surface area contributed by atoms with Crippen LogP contribution in [0.25, 0.3) is 0 Å². The Bertz CT molecular complexity index is 876. The zero-order valence-corrected chi connectivity index (χ0v) is 16.9. The lowest BCUT2D eigenvalue weighted by Gasteiger charge is -2.06. The average Bonchev–Trinajstić information content (AvgIpc) is 2.85. The minimum absolute atomic E-state index is 0.0111. The summed E-state index contributed by atoms with van der Waals surface area (Å²) in [5.41, 5.74) is 2.60. The van der Waals surface area contributed by atoms with E-state index in [9.17, 15) is 0 Å². The van der Waals surface area contributed by atoms with Crippen molar-refractivity contribution in [2.75, 3.05) is 6.61 Å². The quantitative estimate of drug-likeness (QED) is 0.417. The van der Waals surface area contributed by atoms with Crippen LogP contribution in [0.2, 0.25) is 0 Å². The zero-order valence-electron chi connectivity index (χ0n) is 16.9. The predicted octanol–water partition coefficient (Wildman–Crippen LogP) is 4.87. The average molecular weight is 365 g/mol. The van der Waals surface area contributed by atoms with Crippen LogP contribution in [0.4, 0.5) is 0 Å². The van der Waals surface area contributed by atoms with Crippen LogP contribution in [-0.4, -0.2) is 22.6 Å². The van der Waals surface area contributed by atoms with Crippen LogP contribution in [0, 0.1) is 24.2 Å². The van der Waals surface area contributed by atoms with Gasteiger partial charge in [-0.3, -0.25) is 0 Å². The van der Waals surface area contributed by atoms with Gasteiger partial charge >= 0.3 is 0 Å². The van der Waals surface area contributed by atoms with Crippen LogP contribution in [0.15, 0.2) is 47.1 Å². The fourth-order valence-electron chi connectivity index (χ4n) is 2.17. The molecular weight excluding hydrogens is 338 g/mol. The smallest absolute Gasteiger partial charge is 0.226 e. The van der Waals surface area contributed by atoms with Gasteiger partial charge in [-0.1, -0.05) is 35.2 Å². The summed E-state index contributed by atoms with van der Waals surface area (Å²) in [6.07, 6.45) is 3.49. The maximum Gasteiger partial charge on any atom is 0.226 e. The molecule has 1 aromatic heterocycles. The van der Waals surface area contributed by atoms with Crippen LogP contribution in [0.1, 0.15) is 39.0 Å². The van der Waals surface area contributed by atoms with Crippen molar-refractivity contribution in [3.05, 3.63) is 53.2 Å². The van der Waals surface area contributed by atoms with Gasteiger partial charge < -0.3 is 9.57 Å². The summed E-state index contributed by atoms with van der Waals surface area (Å²) in [5, 5.41) is 8.47. The summed E-state index contributed by atoms with van der Waals surface area (Å²) in [5.74, 6) is 7.58. The number of oxime groups is 1. The van der Waals surface area contributed by atoms with E-state index in [1.807, 2.05) is 57.3 Å². The molecule has 0 unspecified atom stereocenters. The molecule has 0 saturated heterocycles. The number of aromatic nitrogens is 2. The molecule has 2 rings (SSSR count). The molecule has 1 heterocycles. The third-order valence-corrected chi connectivity index (χ3v) is 3.49. The molecule has 0 N–H and O–H groups in total. The number of nitrogens with zero attached hydrogens (tertiary/aromatic N) is 3. The predicted molar refractivity (Wildman–Crippen MR) is 109 cm³/mol. The van der Waals surface area contributed by atoms with Crippen LogP contribution in [0.5, 0.6) is 11.6 Å². The number of para-hydroxylation sites is 1. The summed E-state index contributed by atoms with van der Waals surface area (Å²) in [6, 6.07) is 9.58. The highest BCUT2D eigenvalue weighted by Crippen LogP contribution is 2.25. The van der Waals surface area contributed by atoms with Gasteiger partial charge in [0.15, 0.2) is 0 Å². The lowest BCUT2D eigenvalue weighted by molar-refractivity contribution is 0.169. The minimum Gasteiger partial charge on any atom is -0.439 e. The van der Waals surface area contributed by atoms with Crippen molar-refractivity contribution >= 4 is 6.21 Å². The second-order valence-corrected chi connectivity index (χ2v) is 7.36. The van der Waals surface area contributed by atoms with Gasteiger partial charge in [0.05, 0.1) is 17.5 Å². The lowest BCUT2D eigenvalue weighted by Crippen LogP contribution is -1.99. The molecule has 142 valence electrons. The fraction of sp³-hybridized carbons (Fsp3) is 0.364. The second kappa shape index (κ2) is 9.09. The van der Waals surface area contributed by atoms with Crippen LogP contribution < -0.4 is 4.74 Å². The summed E-state index contributed by atoms with van der Waals surface area (Å²) in [4.78, 5) is 5.39. The Hall–Kier alpha value is -3.00. The zero-order chi connectivity index (χ0) is 19.9. The van der Waals surface area contributed by atoms with Crippen LogP contribution >= 0.6 is 0 Å². The van der Waals surface area contributed by atoms with Gasteiger partial charge in [0.25, 0.3) is 0 Å². The Kier molecular flexibility index (Phi) is 6.84. The monoisotopic (exact) mass is 365 g/mol. The number of hydrogen-bond acceptors (Lipinski definition) is 4. The molecule has 0 aliphatic rings. The van der Waals surface area contributed by atoms with Gasteiger partial charge in [0, 0.05) is 12.5 Å². The Morgan fingerprint density at radius 3 is 2.63 bits per heavy atom. The van der Waals surface area contributed by atoms with Crippen molar-refractivity contribution in [1.29, 1.82) is 0 Å². The highest BCUT2D eigenvalue weighted by atomic mass is 16.6. The number of aryl methyl sites for hydroxylation is 2. The highest BCUT2D eigenvalue weighted by Gasteiger charge is 2.14. The second-order valence-electron chi connectivity index (χ2n) is 7.36.